The first-order chi connectivity index (χ1) is 29.3. The molecule has 0 bridgehead atoms. The third-order valence-corrected chi connectivity index (χ3v) is 12.1. The predicted octanol–water partition coefficient (Wildman–Crippen LogP) is 5.48. The van der Waals surface area contributed by atoms with Crippen LogP contribution < -0.4 is 28.4 Å². The highest BCUT2D eigenvalue weighted by Crippen LogP contribution is 2.41. The Morgan fingerprint density at radius 3 is 0.817 bits per heavy atom. The Kier molecular flexibility index (Phi) is 16.1. The quantitative estimate of drug-likeness (QED) is 0.0986. The molecule has 3 N–H and O–H groups in total. The first-order valence-electron chi connectivity index (χ1n) is 22.7. The van der Waals surface area contributed by atoms with E-state index in [0.29, 0.717) is 93.2 Å². The highest BCUT2D eigenvalue weighted by molar-refractivity contribution is 5.58. The maximum atomic E-state index is 11.0. The molecule has 7 rings (SSSR count). The number of aliphatic hydroxyl groups is 3. The van der Waals surface area contributed by atoms with Gasteiger partial charge < -0.3 is 58.4 Å². The van der Waals surface area contributed by atoms with Crippen molar-refractivity contribution in [3.05, 3.63) is 69.8 Å². The summed E-state index contributed by atoms with van der Waals surface area (Å²) in [4.78, 5) is 6.88. The highest BCUT2D eigenvalue weighted by atomic mass is 16.5. The Labute approximate surface area is 357 Å². The molecule has 3 aromatic rings. The summed E-state index contributed by atoms with van der Waals surface area (Å²) >= 11 is 0. The fraction of sp³-hybridized carbons (Fsp3) is 0.625. The van der Waals surface area contributed by atoms with Crippen LogP contribution >= 0.6 is 0 Å². The van der Waals surface area contributed by atoms with E-state index in [4.69, 9.17) is 28.4 Å². The normalized spacial score (nSPS) is 18.7. The van der Waals surface area contributed by atoms with E-state index in [2.05, 4.69) is 51.1 Å². The Morgan fingerprint density at radius 1 is 0.383 bits per heavy atom. The minimum absolute atomic E-state index is 0.161. The van der Waals surface area contributed by atoms with Gasteiger partial charge in [-0.05, 0) is 188 Å². The van der Waals surface area contributed by atoms with Crippen molar-refractivity contribution < 1.29 is 43.7 Å². The van der Waals surface area contributed by atoms with Gasteiger partial charge in [0.2, 0.25) is 0 Å². The van der Waals surface area contributed by atoms with E-state index in [0.717, 1.165) is 98.3 Å². The van der Waals surface area contributed by atoms with E-state index in [9.17, 15) is 15.3 Å². The maximum Gasteiger partial charge on any atom is 0.161 e. The number of hydrogen-bond donors (Lipinski definition) is 3. The lowest BCUT2D eigenvalue weighted by molar-refractivity contribution is 0.0742. The first kappa shape index (κ1) is 44.3. The molecule has 3 aliphatic heterocycles. The van der Waals surface area contributed by atoms with Crippen molar-refractivity contribution in [1.29, 1.82) is 0 Å². The molecule has 12 heteroatoms. The summed E-state index contributed by atoms with van der Waals surface area (Å²) in [7, 11) is 0. The van der Waals surface area contributed by atoms with Crippen molar-refractivity contribution in [2.75, 3.05) is 98.5 Å². The second-order valence-electron chi connectivity index (χ2n) is 16.9. The smallest absolute Gasteiger partial charge is 0.161 e. The number of benzene rings is 3. The van der Waals surface area contributed by atoms with Crippen LogP contribution in [0.25, 0.3) is 0 Å². The molecule has 3 heterocycles. The summed E-state index contributed by atoms with van der Waals surface area (Å²) in [6.07, 6.45) is 6.91. The van der Waals surface area contributed by atoms with Crippen molar-refractivity contribution >= 4 is 0 Å². The number of likely N-dealkylation sites (tertiary alicyclic amines) is 3. The van der Waals surface area contributed by atoms with Gasteiger partial charge in [-0.25, -0.2) is 0 Å². The minimum atomic E-state index is -0.625. The lowest BCUT2D eigenvalue weighted by atomic mass is 9.94. The van der Waals surface area contributed by atoms with E-state index < -0.39 is 18.3 Å². The molecule has 12 nitrogen and oxygen atoms in total. The average molecular weight is 832 g/mol. The Hall–Kier alpha value is -3.78. The number of β-amino-alcohol motifs (C(OH)–C–C–N with tert-alkyl or cyclic N) is 3. The molecule has 0 aromatic heterocycles. The number of nitrogens with zero attached hydrogens (tertiary/aromatic N) is 3. The molecular weight excluding hydrogens is 763 g/mol. The van der Waals surface area contributed by atoms with E-state index >= 15 is 0 Å². The van der Waals surface area contributed by atoms with Gasteiger partial charge in [-0.1, -0.05) is 0 Å². The van der Waals surface area contributed by atoms with Gasteiger partial charge in [0.1, 0.15) is 38.1 Å². The highest BCUT2D eigenvalue weighted by Gasteiger charge is 2.25. The van der Waals surface area contributed by atoms with Crippen LogP contribution in [-0.2, 0) is 19.3 Å². The first-order valence-corrected chi connectivity index (χ1v) is 22.7. The van der Waals surface area contributed by atoms with E-state index in [1.165, 1.54) is 12.8 Å². The molecule has 3 fully saturated rings. The van der Waals surface area contributed by atoms with Crippen LogP contribution in [0.1, 0.15) is 92.7 Å². The van der Waals surface area contributed by atoms with Crippen molar-refractivity contribution in [1.82, 2.24) is 14.7 Å². The lowest BCUT2D eigenvalue weighted by Gasteiger charge is -2.22. The summed E-state index contributed by atoms with van der Waals surface area (Å²) < 4.78 is 37.9. The molecule has 3 atom stereocenters. The fourth-order valence-corrected chi connectivity index (χ4v) is 9.18. The molecule has 0 spiro atoms. The molecule has 3 aromatic carbocycles. The summed E-state index contributed by atoms with van der Waals surface area (Å²) in [5.41, 5.74) is 6.49. The Balaban J connectivity index is 1.24. The monoisotopic (exact) mass is 832 g/mol. The van der Waals surface area contributed by atoms with Gasteiger partial charge in [0, 0.05) is 19.6 Å². The van der Waals surface area contributed by atoms with E-state index in [1.54, 1.807) is 0 Å². The maximum absolute atomic E-state index is 11.0. The summed E-state index contributed by atoms with van der Waals surface area (Å²) in [6, 6.07) is 12.5. The van der Waals surface area contributed by atoms with Gasteiger partial charge in [-0.2, -0.15) is 0 Å². The number of aliphatic hydroxyl groups excluding tert-OH is 3. The van der Waals surface area contributed by atoms with E-state index in [-0.39, 0.29) is 19.8 Å². The number of fused-ring (bicyclic) bond motifs is 3. The third-order valence-electron chi connectivity index (χ3n) is 12.1. The van der Waals surface area contributed by atoms with Crippen LogP contribution in [0.2, 0.25) is 0 Å². The van der Waals surface area contributed by atoms with E-state index in [1.807, 2.05) is 20.8 Å². The van der Waals surface area contributed by atoms with Crippen molar-refractivity contribution in [2.24, 2.45) is 0 Å². The summed E-state index contributed by atoms with van der Waals surface area (Å²) in [5, 5.41) is 33.0. The van der Waals surface area contributed by atoms with Gasteiger partial charge in [-0.15, -0.1) is 0 Å². The van der Waals surface area contributed by atoms with Crippen molar-refractivity contribution in [2.45, 2.75) is 96.9 Å². The summed E-state index contributed by atoms with van der Waals surface area (Å²) in [5.74, 6) is 3.75. The standard InChI is InChI=1S/C48H69N3O9/c1-4-55-43-22-34-19-35-23-44(56-5-2)47(59-32-41(53)29-50-15-9-10-16-50)26-38(35)21-39-27-48(60-33-42(54)30-51-17-11-12-18-51)45(57-6-3)24-36(39)20-37(34)25-46(43)58-31-40(52)28-49-13-7-8-14-49/h22-27,40-42,52-54H,4-21,28-33H2,1-3H3/t40-,41-,42-/m0/s1. The molecule has 60 heavy (non-hydrogen) atoms. The van der Waals surface area contributed by atoms with Gasteiger partial charge in [0.25, 0.3) is 0 Å². The number of hydrogen-bond acceptors (Lipinski definition) is 12. The lowest BCUT2D eigenvalue weighted by Crippen LogP contribution is -2.33. The zero-order valence-corrected chi connectivity index (χ0v) is 36.3. The summed E-state index contributed by atoms with van der Waals surface area (Å²) in [6.45, 7) is 15.6. The topological polar surface area (TPSA) is 126 Å². The van der Waals surface area contributed by atoms with Crippen LogP contribution in [0.4, 0.5) is 0 Å². The zero-order valence-electron chi connectivity index (χ0n) is 36.3. The Bertz CT molecular complexity index is 1820. The zero-order chi connectivity index (χ0) is 41.8. The molecule has 0 amide bonds. The van der Waals surface area contributed by atoms with Crippen molar-refractivity contribution in [3.8, 4) is 34.5 Å². The van der Waals surface area contributed by atoms with Gasteiger partial charge in [0.05, 0.1) is 19.8 Å². The van der Waals surface area contributed by atoms with Crippen LogP contribution in [0.5, 0.6) is 34.5 Å². The Morgan fingerprint density at radius 2 is 0.600 bits per heavy atom. The van der Waals surface area contributed by atoms with Gasteiger partial charge in [-0.3, -0.25) is 0 Å². The molecule has 0 saturated carbocycles. The molecular formula is C48H69N3O9. The largest absolute Gasteiger partial charge is 0.490 e. The van der Waals surface area contributed by atoms with Crippen molar-refractivity contribution in [3.63, 3.8) is 0 Å². The second kappa shape index (κ2) is 21.8. The molecule has 0 unspecified atom stereocenters. The molecule has 4 aliphatic rings. The molecule has 1 aliphatic carbocycles. The van der Waals surface area contributed by atoms with Gasteiger partial charge in [0.15, 0.2) is 34.5 Å². The molecule has 0 radical (unpaired) electrons. The third kappa shape index (κ3) is 12.0. The van der Waals surface area contributed by atoms with Crippen LogP contribution in [0, 0.1) is 0 Å². The predicted molar refractivity (Wildman–Crippen MR) is 233 cm³/mol. The SMILES string of the molecule is CCOc1cc2c(cc1OC[C@@H](O)CN1CCCC1)Cc1cc(OCC)c(OC[C@@H](O)CN3CCCC3)cc1Cc1cc(OC[C@@H](O)CN3CCCC3)c(OCC)cc1C2. The fourth-order valence-electron chi connectivity index (χ4n) is 9.18. The van der Waals surface area contributed by atoms with Crippen LogP contribution in [0.15, 0.2) is 36.4 Å². The second-order valence-corrected chi connectivity index (χ2v) is 16.9. The number of ether oxygens (including phenoxy) is 6. The van der Waals surface area contributed by atoms with Crippen LogP contribution in [-0.4, -0.2) is 147 Å². The van der Waals surface area contributed by atoms with Gasteiger partial charge >= 0.3 is 0 Å². The average Bonchev–Trinajstić information content (AvgIpc) is 4.05. The van der Waals surface area contributed by atoms with Crippen LogP contribution in [0.3, 0.4) is 0 Å². The minimum Gasteiger partial charge on any atom is -0.490 e. The number of rotatable bonds is 21. The molecule has 3 saturated heterocycles. The molecule has 330 valence electrons.